The van der Waals surface area contributed by atoms with Gasteiger partial charge in [0.2, 0.25) is 0 Å². The van der Waals surface area contributed by atoms with Crippen molar-refractivity contribution in [3.63, 3.8) is 0 Å². The quantitative estimate of drug-likeness (QED) is 0.816. The van der Waals surface area contributed by atoms with Crippen molar-refractivity contribution in [2.45, 2.75) is 59.4 Å². The molecule has 1 N–H and O–H groups in total. The van der Waals surface area contributed by atoms with E-state index in [2.05, 4.69) is 13.8 Å². The number of carbonyl (C=O) groups excluding carboxylic acids is 1. The smallest absolute Gasteiger partial charge is 0.323 e. The molecule has 2 amide bonds. The second kappa shape index (κ2) is 6.95. The number of rotatable bonds is 6. The van der Waals surface area contributed by atoms with E-state index >= 15 is 0 Å². The van der Waals surface area contributed by atoms with E-state index in [0.29, 0.717) is 0 Å². The van der Waals surface area contributed by atoms with Gasteiger partial charge in [0.05, 0.1) is 0 Å². The average molecular weight is 284 g/mol. The lowest BCUT2D eigenvalue weighted by Gasteiger charge is -2.32. The average Bonchev–Trinajstić information content (AvgIpc) is 2.88. The van der Waals surface area contributed by atoms with Crippen molar-refractivity contribution in [1.29, 1.82) is 0 Å². The van der Waals surface area contributed by atoms with Crippen molar-refractivity contribution in [2.24, 2.45) is 5.41 Å². The van der Waals surface area contributed by atoms with E-state index in [1.807, 2.05) is 18.7 Å². The zero-order chi connectivity index (χ0) is 15.3. The molecule has 1 aliphatic rings. The van der Waals surface area contributed by atoms with E-state index in [1.54, 1.807) is 0 Å². The maximum absolute atomic E-state index is 12.6. The van der Waals surface area contributed by atoms with Crippen LogP contribution in [-0.4, -0.2) is 52.6 Å². The Hall–Kier alpha value is -1.26. The zero-order valence-electron chi connectivity index (χ0n) is 13.2. The van der Waals surface area contributed by atoms with Crippen LogP contribution in [0, 0.1) is 5.41 Å². The maximum Gasteiger partial charge on any atom is 0.323 e. The molecular weight excluding hydrogens is 256 g/mol. The Morgan fingerprint density at radius 3 is 2.30 bits per heavy atom. The van der Waals surface area contributed by atoms with Crippen LogP contribution in [-0.2, 0) is 4.79 Å². The summed E-state index contributed by atoms with van der Waals surface area (Å²) in [6.45, 7) is 9.50. The lowest BCUT2D eigenvalue weighted by atomic mass is 9.82. The maximum atomic E-state index is 12.6. The lowest BCUT2D eigenvalue weighted by molar-refractivity contribution is -0.138. The number of carboxylic acids is 1. The minimum atomic E-state index is -0.949. The number of urea groups is 1. The van der Waals surface area contributed by atoms with Crippen LogP contribution in [0.3, 0.4) is 0 Å². The third-order valence-electron chi connectivity index (χ3n) is 4.88. The molecule has 0 aromatic rings. The summed E-state index contributed by atoms with van der Waals surface area (Å²) < 4.78 is 0. The molecule has 5 nitrogen and oxygen atoms in total. The Balaban J connectivity index is 2.78. The van der Waals surface area contributed by atoms with Crippen LogP contribution in [0.15, 0.2) is 0 Å². The second-order valence-electron chi connectivity index (χ2n) is 5.94. The highest BCUT2D eigenvalue weighted by atomic mass is 16.4. The molecule has 20 heavy (non-hydrogen) atoms. The van der Waals surface area contributed by atoms with E-state index in [4.69, 9.17) is 5.11 Å². The summed E-state index contributed by atoms with van der Waals surface area (Å²) in [7, 11) is 0. The van der Waals surface area contributed by atoms with E-state index in [0.717, 1.165) is 38.8 Å². The fraction of sp³-hybridized carbons (Fsp3) is 0.867. The first-order valence-corrected chi connectivity index (χ1v) is 7.66. The van der Waals surface area contributed by atoms with Gasteiger partial charge in [-0.15, -0.1) is 0 Å². The molecule has 1 fully saturated rings. The predicted molar refractivity (Wildman–Crippen MR) is 78.7 cm³/mol. The molecule has 5 heteroatoms. The van der Waals surface area contributed by atoms with Crippen LogP contribution in [0.25, 0.3) is 0 Å². The lowest BCUT2D eigenvalue weighted by Crippen LogP contribution is -2.49. The van der Waals surface area contributed by atoms with Crippen molar-refractivity contribution in [3.8, 4) is 0 Å². The first-order chi connectivity index (χ1) is 9.39. The SMILES string of the molecule is CCC(C)N(CC(=O)O)C(=O)N1CCC(CC)(CC)C1. The van der Waals surface area contributed by atoms with Gasteiger partial charge in [0.1, 0.15) is 6.54 Å². The molecule has 0 saturated carbocycles. The molecule has 1 heterocycles. The van der Waals surface area contributed by atoms with E-state index in [1.165, 1.54) is 4.90 Å². The Bertz CT molecular complexity index is 353. The summed E-state index contributed by atoms with van der Waals surface area (Å²) >= 11 is 0. The van der Waals surface area contributed by atoms with E-state index in [-0.39, 0.29) is 24.0 Å². The van der Waals surface area contributed by atoms with Gasteiger partial charge in [-0.3, -0.25) is 4.79 Å². The number of nitrogens with zero attached hydrogens (tertiary/aromatic N) is 2. The molecule has 0 aromatic heterocycles. The van der Waals surface area contributed by atoms with Gasteiger partial charge >= 0.3 is 12.0 Å². The highest BCUT2D eigenvalue weighted by Gasteiger charge is 2.39. The minimum absolute atomic E-state index is 0.0446. The molecule has 1 aliphatic heterocycles. The summed E-state index contributed by atoms with van der Waals surface area (Å²) in [4.78, 5) is 26.9. The highest BCUT2D eigenvalue weighted by molar-refractivity contribution is 5.80. The molecule has 1 saturated heterocycles. The summed E-state index contributed by atoms with van der Waals surface area (Å²) in [5.41, 5.74) is 0.222. The second-order valence-corrected chi connectivity index (χ2v) is 5.94. The third kappa shape index (κ3) is 3.64. The molecule has 0 radical (unpaired) electrons. The number of carbonyl (C=O) groups is 2. The number of aliphatic carboxylic acids is 1. The predicted octanol–water partition coefficient (Wildman–Crippen LogP) is 2.80. The van der Waals surface area contributed by atoms with Crippen molar-refractivity contribution in [2.75, 3.05) is 19.6 Å². The van der Waals surface area contributed by atoms with Gasteiger partial charge in [0.25, 0.3) is 0 Å². The summed E-state index contributed by atoms with van der Waals surface area (Å²) in [6.07, 6.45) is 3.91. The fourth-order valence-electron chi connectivity index (χ4n) is 2.89. The van der Waals surface area contributed by atoms with Crippen molar-refractivity contribution < 1.29 is 14.7 Å². The van der Waals surface area contributed by atoms with Gasteiger partial charge in [-0.05, 0) is 38.0 Å². The highest BCUT2D eigenvalue weighted by Crippen LogP contribution is 2.37. The molecule has 0 spiro atoms. The van der Waals surface area contributed by atoms with Crippen LogP contribution in [0.2, 0.25) is 0 Å². The number of amides is 2. The molecule has 1 unspecified atom stereocenters. The van der Waals surface area contributed by atoms with Gasteiger partial charge in [-0.2, -0.15) is 0 Å². The first-order valence-electron chi connectivity index (χ1n) is 7.66. The van der Waals surface area contributed by atoms with Gasteiger partial charge in [0.15, 0.2) is 0 Å². The molecular formula is C15H28N2O3. The van der Waals surface area contributed by atoms with Gasteiger partial charge in [-0.25, -0.2) is 4.79 Å². The standard InChI is InChI=1S/C15H28N2O3/c1-5-12(4)17(10-13(18)19)14(20)16-9-8-15(6-2,7-3)11-16/h12H,5-11H2,1-4H3,(H,18,19). The van der Waals surface area contributed by atoms with Crippen LogP contribution in [0.1, 0.15) is 53.4 Å². The summed E-state index contributed by atoms with van der Waals surface area (Å²) in [5, 5.41) is 9.00. The van der Waals surface area contributed by atoms with Crippen LogP contribution in [0.5, 0.6) is 0 Å². The summed E-state index contributed by atoms with van der Waals surface area (Å²) in [5.74, 6) is -0.949. The zero-order valence-corrected chi connectivity index (χ0v) is 13.2. The number of hydrogen-bond donors (Lipinski definition) is 1. The Kier molecular flexibility index (Phi) is 5.84. The largest absolute Gasteiger partial charge is 0.480 e. The van der Waals surface area contributed by atoms with E-state index in [9.17, 15) is 9.59 Å². The minimum Gasteiger partial charge on any atom is -0.480 e. The molecule has 116 valence electrons. The normalized spacial score (nSPS) is 18.9. The Morgan fingerprint density at radius 2 is 1.90 bits per heavy atom. The number of carboxylic acid groups (broad SMARTS) is 1. The summed E-state index contributed by atoms with van der Waals surface area (Å²) in [6, 6.07) is -0.164. The van der Waals surface area contributed by atoms with Gasteiger partial charge in [-0.1, -0.05) is 20.8 Å². The van der Waals surface area contributed by atoms with Crippen molar-refractivity contribution >= 4 is 12.0 Å². The molecule has 1 rings (SSSR count). The number of likely N-dealkylation sites (tertiary alicyclic amines) is 1. The van der Waals surface area contributed by atoms with Crippen LogP contribution >= 0.6 is 0 Å². The van der Waals surface area contributed by atoms with Gasteiger partial charge < -0.3 is 14.9 Å². The third-order valence-corrected chi connectivity index (χ3v) is 4.88. The monoisotopic (exact) mass is 284 g/mol. The molecule has 1 atom stereocenters. The molecule has 0 bridgehead atoms. The fourth-order valence-corrected chi connectivity index (χ4v) is 2.89. The van der Waals surface area contributed by atoms with Gasteiger partial charge in [0, 0.05) is 19.1 Å². The Morgan fingerprint density at radius 1 is 1.30 bits per heavy atom. The Labute approximate surface area is 121 Å². The molecule has 0 aromatic carbocycles. The first kappa shape index (κ1) is 16.8. The van der Waals surface area contributed by atoms with Crippen LogP contribution in [0.4, 0.5) is 4.79 Å². The van der Waals surface area contributed by atoms with E-state index < -0.39 is 5.97 Å². The topological polar surface area (TPSA) is 60.9 Å². The van der Waals surface area contributed by atoms with Crippen LogP contribution < -0.4 is 0 Å². The number of hydrogen-bond acceptors (Lipinski definition) is 2. The van der Waals surface area contributed by atoms with Crippen molar-refractivity contribution in [1.82, 2.24) is 9.80 Å². The van der Waals surface area contributed by atoms with Crippen molar-refractivity contribution in [3.05, 3.63) is 0 Å². The molecule has 0 aliphatic carbocycles.